The van der Waals surface area contributed by atoms with Gasteiger partial charge in [-0.3, -0.25) is 14.5 Å². The Morgan fingerprint density at radius 3 is 2.74 bits per heavy atom. The van der Waals surface area contributed by atoms with Crippen molar-refractivity contribution in [1.82, 2.24) is 4.90 Å². The molecule has 0 aliphatic carbocycles. The number of benzene rings is 1. The van der Waals surface area contributed by atoms with Crippen LogP contribution in [0.5, 0.6) is 11.5 Å². The van der Waals surface area contributed by atoms with E-state index in [9.17, 15) is 9.59 Å². The molecular formula is C24H29NO5S. The molecule has 2 amide bonds. The Morgan fingerprint density at radius 1 is 1.29 bits per heavy atom. The summed E-state index contributed by atoms with van der Waals surface area (Å²) in [5, 5.41) is -0.270. The van der Waals surface area contributed by atoms with Crippen molar-refractivity contribution in [3.63, 3.8) is 0 Å². The summed E-state index contributed by atoms with van der Waals surface area (Å²) in [6.07, 6.45) is 8.64. The van der Waals surface area contributed by atoms with Crippen molar-refractivity contribution >= 4 is 29.0 Å². The third kappa shape index (κ3) is 5.80. The molecule has 0 N–H and O–H groups in total. The molecule has 2 aliphatic heterocycles. The highest BCUT2D eigenvalue weighted by Gasteiger charge is 2.34. The summed E-state index contributed by atoms with van der Waals surface area (Å²) < 4.78 is 17.4. The number of hydrogen-bond acceptors (Lipinski definition) is 6. The zero-order valence-corrected chi connectivity index (χ0v) is 19.1. The molecule has 0 spiro atoms. The molecule has 6 nitrogen and oxygen atoms in total. The van der Waals surface area contributed by atoms with E-state index in [4.69, 9.17) is 14.2 Å². The fourth-order valence-corrected chi connectivity index (χ4v) is 4.20. The quantitative estimate of drug-likeness (QED) is 0.400. The van der Waals surface area contributed by atoms with Crippen molar-refractivity contribution in [2.45, 2.75) is 45.8 Å². The Morgan fingerprint density at radius 2 is 2.10 bits per heavy atom. The average Bonchev–Trinajstić information content (AvgIpc) is 3.01. The fraction of sp³-hybridized carbons (Fsp3) is 0.417. The van der Waals surface area contributed by atoms with Crippen LogP contribution in [0.25, 0.3) is 6.08 Å². The van der Waals surface area contributed by atoms with Gasteiger partial charge in [0.05, 0.1) is 18.6 Å². The monoisotopic (exact) mass is 443 g/mol. The van der Waals surface area contributed by atoms with Gasteiger partial charge in [-0.2, -0.15) is 0 Å². The third-order valence-corrected chi connectivity index (χ3v) is 5.92. The molecule has 31 heavy (non-hydrogen) atoms. The molecule has 7 heteroatoms. The van der Waals surface area contributed by atoms with E-state index in [1.807, 2.05) is 32.1 Å². The van der Waals surface area contributed by atoms with E-state index in [0.717, 1.165) is 42.2 Å². The zero-order valence-electron chi connectivity index (χ0n) is 18.3. The van der Waals surface area contributed by atoms with Gasteiger partial charge in [-0.1, -0.05) is 17.7 Å². The summed E-state index contributed by atoms with van der Waals surface area (Å²) in [7, 11) is 1.57. The van der Waals surface area contributed by atoms with Crippen LogP contribution in [0.1, 0.15) is 44.2 Å². The van der Waals surface area contributed by atoms with Crippen LogP contribution in [0.15, 0.2) is 41.3 Å². The average molecular weight is 444 g/mol. The molecule has 1 aromatic rings. The van der Waals surface area contributed by atoms with Gasteiger partial charge in [0.25, 0.3) is 11.1 Å². The molecule has 1 aromatic carbocycles. The van der Waals surface area contributed by atoms with Crippen molar-refractivity contribution < 1.29 is 23.8 Å². The largest absolute Gasteiger partial charge is 0.496 e. The van der Waals surface area contributed by atoms with Crippen LogP contribution in [-0.2, 0) is 16.0 Å². The van der Waals surface area contributed by atoms with Crippen LogP contribution < -0.4 is 9.47 Å². The number of ether oxygens (including phenoxy) is 3. The second-order valence-electron chi connectivity index (χ2n) is 7.68. The number of rotatable bonds is 8. The molecule has 1 unspecified atom stereocenters. The van der Waals surface area contributed by atoms with Crippen molar-refractivity contribution in [3.8, 4) is 11.5 Å². The van der Waals surface area contributed by atoms with Crippen molar-refractivity contribution in [2.75, 3.05) is 20.3 Å². The van der Waals surface area contributed by atoms with E-state index in [1.165, 1.54) is 4.90 Å². The van der Waals surface area contributed by atoms with E-state index in [1.54, 1.807) is 19.3 Å². The minimum Gasteiger partial charge on any atom is -0.496 e. The van der Waals surface area contributed by atoms with Gasteiger partial charge in [-0.05, 0) is 62.6 Å². The number of methoxy groups -OCH3 is 1. The first-order valence-corrected chi connectivity index (χ1v) is 11.2. The Labute approximate surface area is 187 Å². The first-order valence-electron chi connectivity index (χ1n) is 10.4. The van der Waals surface area contributed by atoms with Gasteiger partial charge in [0, 0.05) is 24.6 Å². The third-order valence-electron chi connectivity index (χ3n) is 5.02. The summed E-state index contributed by atoms with van der Waals surface area (Å²) in [6.45, 7) is 8.67. The molecule has 0 aromatic heterocycles. The van der Waals surface area contributed by atoms with Crippen molar-refractivity contribution in [2.24, 2.45) is 0 Å². The van der Waals surface area contributed by atoms with Crippen LogP contribution in [0.2, 0.25) is 0 Å². The van der Waals surface area contributed by atoms with Gasteiger partial charge in [0.15, 0.2) is 6.29 Å². The highest BCUT2D eigenvalue weighted by molar-refractivity contribution is 8.18. The SMILES string of the molecule is C=CCc1cc(/C=C2\SC(=O)N(CC=C(C)C)C2=O)c(OC)cc1OC1CCCCO1. The highest BCUT2D eigenvalue weighted by atomic mass is 32.2. The van der Waals surface area contributed by atoms with Gasteiger partial charge in [0.2, 0.25) is 0 Å². The molecule has 0 saturated carbocycles. The number of carbonyl (C=O) groups excluding carboxylic acids is 2. The lowest BCUT2D eigenvalue weighted by Crippen LogP contribution is -2.28. The predicted octanol–water partition coefficient (Wildman–Crippen LogP) is 5.33. The van der Waals surface area contributed by atoms with Crippen molar-refractivity contribution in [3.05, 3.63) is 52.5 Å². The van der Waals surface area contributed by atoms with Gasteiger partial charge < -0.3 is 14.2 Å². The number of allylic oxidation sites excluding steroid dienone is 2. The molecule has 2 fully saturated rings. The van der Waals surface area contributed by atoms with Crippen LogP contribution in [0, 0.1) is 0 Å². The molecule has 2 saturated heterocycles. The molecule has 2 heterocycles. The topological polar surface area (TPSA) is 65.1 Å². The maximum atomic E-state index is 12.8. The number of carbonyl (C=O) groups is 2. The summed E-state index contributed by atoms with van der Waals surface area (Å²) in [5.74, 6) is 0.947. The maximum absolute atomic E-state index is 12.8. The number of hydrogen-bond donors (Lipinski definition) is 0. The van der Waals surface area contributed by atoms with Crippen LogP contribution in [0.4, 0.5) is 4.79 Å². The van der Waals surface area contributed by atoms with Gasteiger partial charge in [-0.25, -0.2) is 0 Å². The Kier molecular flexibility index (Phi) is 7.98. The standard InChI is InChI=1S/C24H29NO5S/c1-5-8-17-13-18(14-21-23(26)25(24(27)31-21)11-10-16(2)3)19(28-4)15-20(17)30-22-9-6-7-12-29-22/h5,10,13-15,22H,1,6-9,11-12H2,2-4H3/b21-14-. The molecule has 0 bridgehead atoms. The lowest BCUT2D eigenvalue weighted by molar-refractivity contribution is -0.122. The molecule has 1 atom stereocenters. The lowest BCUT2D eigenvalue weighted by atomic mass is 10.0. The van der Waals surface area contributed by atoms with Crippen LogP contribution in [0.3, 0.4) is 0 Å². The van der Waals surface area contributed by atoms with E-state index in [2.05, 4.69) is 6.58 Å². The normalized spacial score (nSPS) is 20.2. The second-order valence-corrected chi connectivity index (χ2v) is 8.68. The Hall–Kier alpha value is -2.51. The maximum Gasteiger partial charge on any atom is 0.293 e. The molecule has 166 valence electrons. The van der Waals surface area contributed by atoms with E-state index >= 15 is 0 Å². The molecule has 2 aliphatic rings. The number of amides is 2. The minimum absolute atomic E-state index is 0.270. The van der Waals surface area contributed by atoms with E-state index in [-0.39, 0.29) is 24.0 Å². The molecule has 3 rings (SSSR count). The smallest absolute Gasteiger partial charge is 0.293 e. The summed E-state index contributed by atoms with van der Waals surface area (Å²) >= 11 is 0.942. The Balaban J connectivity index is 1.90. The molecular weight excluding hydrogens is 414 g/mol. The van der Waals surface area contributed by atoms with E-state index in [0.29, 0.717) is 35.0 Å². The Bertz CT molecular complexity index is 911. The number of thioether (sulfide) groups is 1. The van der Waals surface area contributed by atoms with Crippen LogP contribution in [-0.4, -0.2) is 42.6 Å². The van der Waals surface area contributed by atoms with Gasteiger partial charge >= 0.3 is 0 Å². The highest BCUT2D eigenvalue weighted by Crippen LogP contribution is 2.37. The first-order chi connectivity index (χ1) is 14.9. The molecule has 0 radical (unpaired) electrons. The predicted molar refractivity (Wildman–Crippen MR) is 123 cm³/mol. The number of imide groups is 1. The van der Waals surface area contributed by atoms with Crippen LogP contribution >= 0.6 is 11.8 Å². The minimum atomic E-state index is -0.296. The van der Waals surface area contributed by atoms with E-state index < -0.39 is 0 Å². The second kappa shape index (κ2) is 10.7. The van der Waals surface area contributed by atoms with Crippen molar-refractivity contribution in [1.29, 1.82) is 0 Å². The van der Waals surface area contributed by atoms with Gasteiger partial charge in [0.1, 0.15) is 11.5 Å². The summed E-state index contributed by atoms with van der Waals surface area (Å²) in [6, 6.07) is 3.73. The zero-order chi connectivity index (χ0) is 22.4. The first kappa shape index (κ1) is 23.2. The fourth-order valence-electron chi connectivity index (χ4n) is 3.36. The summed E-state index contributed by atoms with van der Waals surface area (Å²) in [5.41, 5.74) is 2.68. The summed E-state index contributed by atoms with van der Waals surface area (Å²) in [4.78, 5) is 26.7. The lowest BCUT2D eigenvalue weighted by Gasteiger charge is -2.25. The number of nitrogens with zero attached hydrogens (tertiary/aromatic N) is 1. The van der Waals surface area contributed by atoms with Gasteiger partial charge in [-0.15, -0.1) is 6.58 Å².